The van der Waals surface area contributed by atoms with Gasteiger partial charge in [0.1, 0.15) is 5.75 Å². The van der Waals surface area contributed by atoms with Crippen molar-refractivity contribution in [2.45, 2.75) is 31.9 Å². The van der Waals surface area contributed by atoms with E-state index in [1.54, 1.807) is 25.0 Å². The molecule has 0 unspecified atom stereocenters. The zero-order valence-corrected chi connectivity index (χ0v) is 21.4. The van der Waals surface area contributed by atoms with Crippen LogP contribution in [0.5, 0.6) is 5.75 Å². The van der Waals surface area contributed by atoms with Gasteiger partial charge in [0.25, 0.3) is 5.91 Å². The molecule has 2 heterocycles. The molecule has 2 aliphatic heterocycles. The average Bonchev–Trinajstić information content (AvgIpc) is 3.38. The van der Waals surface area contributed by atoms with Gasteiger partial charge in [0.05, 0.1) is 41.6 Å². The molecule has 2 aromatic rings. The van der Waals surface area contributed by atoms with Crippen LogP contribution in [0.25, 0.3) is 0 Å². The molecule has 0 bridgehead atoms. The van der Waals surface area contributed by atoms with E-state index in [0.717, 1.165) is 17.8 Å². The number of rotatable bonds is 8. The number of likely N-dealkylation sites (tertiary alicyclic amines) is 1. The van der Waals surface area contributed by atoms with Crippen molar-refractivity contribution in [2.75, 3.05) is 57.1 Å². The van der Waals surface area contributed by atoms with Gasteiger partial charge in [-0.3, -0.25) is 14.6 Å². The van der Waals surface area contributed by atoms with Crippen molar-refractivity contribution in [1.29, 1.82) is 0 Å². The number of nitrogens with one attached hydrogen (secondary N) is 1. The molecule has 36 heavy (non-hydrogen) atoms. The molecule has 1 fully saturated rings. The van der Waals surface area contributed by atoms with Crippen LogP contribution in [0.3, 0.4) is 0 Å². The number of nitrogens with two attached hydrogens (primary N) is 1. The maximum absolute atomic E-state index is 13.2. The Balaban J connectivity index is 1.38. The molecule has 1 saturated heterocycles. The van der Waals surface area contributed by atoms with E-state index in [1.807, 2.05) is 30.3 Å². The Morgan fingerprint density at radius 1 is 1.31 bits per heavy atom. The standard InChI is InChI=1S/C26H33ClN4O5/c1-3-35-26(33)31(17-7-5-4-6-8-17)13-12-30-11-9-21(22(16-30)34-2)29-25(32)19-15-20(27)23(28)18-10-14-36-24(18)19/h4-8,15,21-22H,3,9-14,16,28H2,1-2H3,(H,29,32)/t21-,22+/m0/s1. The lowest BCUT2D eigenvalue weighted by molar-refractivity contribution is 0.00720. The lowest BCUT2D eigenvalue weighted by Crippen LogP contribution is -2.55. The van der Waals surface area contributed by atoms with Gasteiger partial charge in [-0.15, -0.1) is 0 Å². The van der Waals surface area contributed by atoms with Crippen LogP contribution in [0.15, 0.2) is 36.4 Å². The smallest absolute Gasteiger partial charge is 0.414 e. The maximum Gasteiger partial charge on any atom is 0.414 e. The van der Waals surface area contributed by atoms with Crippen LogP contribution in [0.4, 0.5) is 16.2 Å². The van der Waals surface area contributed by atoms with Gasteiger partial charge in [0.2, 0.25) is 0 Å². The van der Waals surface area contributed by atoms with Crippen LogP contribution in [0, 0.1) is 0 Å². The highest BCUT2D eigenvalue weighted by atomic mass is 35.5. The summed E-state index contributed by atoms with van der Waals surface area (Å²) in [7, 11) is 1.64. The number of hydrogen-bond acceptors (Lipinski definition) is 7. The number of halogens is 1. The van der Waals surface area contributed by atoms with E-state index in [-0.39, 0.29) is 24.1 Å². The molecule has 0 aliphatic carbocycles. The lowest BCUT2D eigenvalue weighted by Gasteiger charge is -2.38. The van der Waals surface area contributed by atoms with Gasteiger partial charge in [0, 0.05) is 51.0 Å². The fourth-order valence-corrected chi connectivity index (χ4v) is 4.97. The van der Waals surface area contributed by atoms with Crippen LogP contribution in [-0.4, -0.2) is 75.5 Å². The number of hydrogen-bond donors (Lipinski definition) is 2. The third-order valence-corrected chi connectivity index (χ3v) is 6.99. The number of nitrogen functional groups attached to an aromatic ring is 1. The number of methoxy groups -OCH3 is 1. The Labute approximate surface area is 216 Å². The van der Waals surface area contributed by atoms with Crippen LogP contribution < -0.4 is 20.7 Å². The van der Waals surface area contributed by atoms with Crippen molar-refractivity contribution in [1.82, 2.24) is 10.2 Å². The first-order valence-corrected chi connectivity index (χ1v) is 12.6. The molecule has 2 aromatic carbocycles. The van der Waals surface area contributed by atoms with Gasteiger partial charge in [-0.2, -0.15) is 0 Å². The summed E-state index contributed by atoms with van der Waals surface area (Å²) in [6, 6.07) is 10.9. The quantitative estimate of drug-likeness (QED) is 0.518. The molecule has 2 aliphatic rings. The Hall–Kier alpha value is -3.01. The van der Waals surface area contributed by atoms with Gasteiger partial charge in [-0.05, 0) is 31.5 Å². The molecule has 2 amide bonds. The largest absolute Gasteiger partial charge is 0.492 e. The van der Waals surface area contributed by atoms with E-state index >= 15 is 0 Å². The maximum atomic E-state index is 13.2. The van der Waals surface area contributed by atoms with E-state index in [0.29, 0.717) is 67.7 Å². The first kappa shape index (κ1) is 26.1. The molecule has 2 atom stereocenters. The van der Waals surface area contributed by atoms with Crippen molar-refractivity contribution in [2.24, 2.45) is 0 Å². The Bertz CT molecular complexity index is 1080. The highest BCUT2D eigenvalue weighted by Gasteiger charge is 2.33. The second-order valence-corrected chi connectivity index (χ2v) is 9.26. The molecule has 0 spiro atoms. The predicted molar refractivity (Wildman–Crippen MR) is 139 cm³/mol. The van der Waals surface area contributed by atoms with Gasteiger partial charge < -0.3 is 25.3 Å². The number of anilines is 2. The van der Waals surface area contributed by atoms with E-state index in [9.17, 15) is 9.59 Å². The summed E-state index contributed by atoms with van der Waals surface area (Å²) in [4.78, 5) is 29.6. The molecule has 10 heteroatoms. The summed E-state index contributed by atoms with van der Waals surface area (Å²) in [6.45, 7) is 5.06. The van der Waals surface area contributed by atoms with Gasteiger partial charge in [-0.25, -0.2) is 4.79 Å². The minimum Gasteiger partial charge on any atom is -0.492 e. The van der Waals surface area contributed by atoms with E-state index in [2.05, 4.69) is 10.2 Å². The van der Waals surface area contributed by atoms with E-state index in [1.165, 1.54) is 0 Å². The van der Waals surface area contributed by atoms with Crippen molar-refractivity contribution in [3.63, 3.8) is 0 Å². The van der Waals surface area contributed by atoms with Crippen molar-refractivity contribution in [3.8, 4) is 5.75 Å². The second-order valence-electron chi connectivity index (χ2n) is 8.86. The first-order chi connectivity index (χ1) is 17.4. The van der Waals surface area contributed by atoms with Crippen LogP contribution >= 0.6 is 11.6 Å². The van der Waals surface area contributed by atoms with E-state index in [4.69, 9.17) is 31.5 Å². The van der Waals surface area contributed by atoms with Crippen LogP contribution in [0.2, 0.25) is 5.02 Å². The molecule has 9 nitrogen and oxygen atoms in total. The topological polar surface area (TPSA) is 106 Å². The van der Waals surface area contributed by atoms with Gasteiger partial charge >= 0.3 is 6.09 Å². The van der Waals surface area contributed by atoms with Crippen molar-refractivity contribution in [3.05, 3.63) is 52.5 Å². The van der Waals surface area contributed by atoms with Gasteiger partial charge in [0.15, 0.2) is 0 Å². The summed E-state index contributed by atoms with van der Waals surface area (Å²) in [5.74, 6) is 0.258. The molecule has 0 saturated carbocycles. The van der Waals surface area contributed by atoms with Crippen molar-refractivity contribution < 1.29 is 23.8 Å². The molecular weight excluding hydrogens is 484 g/mol. The lowest BCUT2D eigenvalue weighted by atomic mass is 10.00. The second kappa shape index (κ2) is 11.8. The minimum absolute atomic E-state index is 0.178. The highest BCUT2D eigenvalue weighted by Crippen LogP contribution is 2.38. The SMILES string of the molecule is CCOC(=O)N(CCN1CC[C@H](NC(=O)c2cc(Cl)c(N)c3c2OCC3)[C@H](OC)C1)c1ccccc1. The summed E-state index contributed by atoms with van der Waals surface area (Å²) >= 11 is 6.28. The Kier molecular flexibility index (Phi) is 8.56. The predicted octanol–water partition coefficient (Wildman–Crippen LogP) is 3.34. The van der Waals surface area contributed by atoms with Crippen LogP contribution in [0.1, 0.15) is 29.3 Å². The monoisotopic (exact) mass is 516 g/mol. The number of fused-ring (bicyclic) bond motifs is 1. The Morgan fingerprint density at radius 3 is 2.81 bits per heavy atom. The molecule has 0 radical (unpaired) electrons. The average molecular weight is 517 g/mol. The fourth-order valence-electron chi connectivity index (χ4n) is 4.75. The summed E-state index contributed by atoms with van der Waals surface area (Å²) < 4.78 is 16.7. The minimum atomic E-state index is -0.369. The number of para-hydroxylation sites is 1. The number of piperidine rings is 1. The summed E-state index contributed by atoms with van der Waals surface area (Å²) in [5, 5.41) is 3.46. The number of ether oxygens (including phenoxy) is 3. The third-order valence-electron chi connectivity index (χ3n) is 6.67. The first-order valence-electron chi connectivity index (χ1n) is 12.2. The number of amides is 2. The zero-order valence-electron chi connectivity index (χ0n) is 20.7. The van der Waals surface area contributed by atoms with Crippen LogP contribution in [-0.2, 0) is 15.9 Å². The summed E-state index contributed by atoms with van der Waals surface area (Å²) in [5.41, 5.74) is 8.51. The molecule has 3 N–H and O–H groups in total. The number of benzene rings is 2. The molecule has 4 rings (SSSR count). The number of carbonyl (C=O) groups is 2. The zero-order chi connectivity index (χ0) is 25.7. The number of carbonyl (C=O) groups excluding carboxylic acids is 2. The van der Waals surface area contributed by atoms with Gasteiger partial charge in [-0.1, -0.05) is 29.8 Å². The Morgan fingerprint density at radius 2 is 2.08 bits per heavy atom. The highest BCUT2D eigenvalue weighted by molar-refractivity contribution is 6.33. The normalized spacial score (nSPS) is 19.3. The van der Waals surface area contributed by atoms with E-state index < -0.39 is 0 Å². The molecule has 0 aromatic heterocycles. The molecule has 194 valence electrons. The summed E-state index contributed by atoms with van der Waals surface area (Å²) in [6.07, 6.45) is 0.743. The third kappa shape index (κ3) is 5.69. The number of nitrogens with zero attached hydrogens (tertiary/aromatic N) is 2. The van der Waals surface area contributed by atoms with Crippen molar-refractivity contribution >= 4 is 35.0 Å². The molecular formula is C26H33ClN4O5. The fraction of sp³-hybridized carbons (Fsp3) is 0.462.